The highest BCUT2D eigenvalue weighted by atomic mass is 16.5. The molecule has 1 rings (SSSR count). The van der Waals surface area contributed by atoms with Crippen molar-refractivity contribution in [2.75, 3.05) is 13.7 Å². The van der Waals surface area contributed by atoms with Crippen LogP contribution in [0.1, 0.15) is 18.9 Å². The Bertz CT molecular complexity index is 387. The quantitative estimate of drug-likeness (QED) is 0.576. The van der Waals surface area contributed by atoms with Gasteiger partial charge < -0.3 is 20.9 Å². The average Bonchev–Trinajstić information content (AvgIpc) is 2.34. The van der Waals surface area contributed by atoms with Crippen LogP contribution in [0.25, 0.3) is 0 Å². The van der Waals surface area contributed by atoms with Crippen molar-refractivity contribution in [1.82, 2.24) is 0 Å². The van der Waals surface area contributed by atoms with E-state index in [2.05, 4.69) is 11.9 Å². The first-order valence-corrected chi connectivity index (χ1v) is 5.52. The average molecular weight is 237 g/mol. The molecule has 4 N–H and O–H groups in total. The van der Waals surface area contributed by atoms with E-state index < -0.39 is 0 Å². The Morgan fingerprint density at radius 2 is 2.06 bits per heavy atom. The molecule has 0 radical (unpaired) electrons. The maximum Gasteiger partial charge on any atom is 0.186 e. The lowest BCUT2D eigenvalue weighted by atomic mass is 10.2. The highest BCUT2D eigenvalue weighted by molar-refractivity contribution is 5.75. The molecule has 0 unspecified atom stereocenters. The van der Waals surface area contributed by atoms with Gasteiger partial charge in [0.05, 0.1) is 20.3 Å². The minimum atomic E-state index is 0.0790. The molecule has 0 atom stereocenters. The summed E-state index contributed by atoms with van der Waals surface area (Å²) < 4.78 is 10.8. The van der Waals surface area contributed by atoms with Gasteiger partial charge >= 0.3 is 0 Å². The molecule has 0 saturated heterocycles. The number of rotatable bonds is 6. The van der Waals surface area contributed by atoms with Crippen LogP contribution in [0.3, 0.4) is 0 Å². The molecule has 17 heavy (non-hydrogen) atoms. The highest BCUT2D eigenvalue weighted by Gasteiger charge is 2.05. The third-order valence-corrected chi connectivity index (χ3v) is 2.13. The normalized spacial score (nSPS) is 9.76. The first kappa shape index (κ1) is 13.2. The van der Waals surface area contributed by atoms with E-state index in [9.17, 15) is 0 Å². The lowest BCUT2D eigenvalue weighted by molar-refractivity contribution is 0.294. The van der Waals surface area contributed by atoms with Gasteiger partial charge in [-0.3, -0.25) is 0 Å². The number of benzene rings is 1. The molecule has 0 fully saturated rings. The number of methoxy groups -OCH3 is 1. The fourth-order valence-corrected chi connectivity index (χ4v) is 1.32. The maximum atomic E-state index is 5.55. The molecular weight excluding hydrogens is 218 g/mol. The minimum Gasteiger partial charge on any atom is -0.493 e. The minimum absolute atomic E-state index is 0.0790. The first-order chi connectivity index (χ1) is 8.17. The van der Waals surface area contributed by atoms with Crippen molar-refractivity contribution >= 4 is 5.96 Å². The third-order valence-electron chi connectivity index (χ3n) is 2.13. The smallest absolute Gasteiger partial charge is 0.186 e. The second-order valence-electron chi connectivity index (χ2n) is 3.57. The SMILES string of the molecule is CCCOc1ccc(CN=C(N)N)cc1OC. The Hall–Kier alpha value is -1.91. The van der Waals surface area contributed by atoms with Crippen LogP contribution >= 0.6 is 0 Å². The van der Waals surface area contributed by atoms with Gasteiger partial charge in [0.25, 0.3) is 0 Å². The van der Waals surface area contributed by atoms with Gasteiger partial charge in [0, 0.05) is 0 Å². The molecular formula is C12H19N3O2. The predicted octanol–water partition coefficient (Wildman–Crippen LogP) is 1.26. The molecule has 5 heteroatoms. The van der Waals surface area contributed by atoms with Crippen molar-refractivity contribution in [2.45, 2.75) is 19.9 Å². The Kier molecular flexibility index (Phi) is 5.13. The van der Waals surface area contributed by atoms with Crippen molar-refractivity contribution in [3.05, 3.63) is 23.8 Å². The van der Waals surface area contributed by atoms with E-state index >= 15 is 0 Å². The summed E-state index contributed by atoms with van der Waals surface area (Å²) in [5.74, 6) is 1.51. The summed E-state index contributed by atoms with van der Waals surface area (Å²) in [7, 11) is 1.61. The van der Waals surface area contributed by atoms with E-state index in [-0.39, 0.29) is 5.96 Å². The second kappa shape index (κ2) is 6.62. The standard InChI is InChI=1S/C12H19N3O2/c1-3-6-17-10-5-4-9(7-11(10)16-2)8-15-12(13)14/h4-5,7H,3,6,8H2,1-2H3,(H4,13,14,15). The lowest BCUT2D eigenvalue weighted by Gasteiger charge is -2.10. The summed E-state index contributed by atoms with van der Waals surface area (Å²) in [6.07, 6.45) is 0.957. The van der Waals surface area contributed by atoms with Crippen molar-refractivity contribution in [3.8, 4) is 11.5 Å². The van der Waals surface area contributed by atoms with Crippen LogP contribution in [-0.4, -0.2) is 19.7 Å². The van der Waals surface area contributed by atoms with Crippen LogP contribution in [-0.2, 0) is 6.54 Å². The third kappa shape index (κ3) is 4.22. The molecule has 0 aliphatic heterocycles. The molecule has 5 nitrogen and oxygen atoms in total. The van der Waals surface area contributed by atoms with Gasteiger partial charge in [0.1, 0.15) is 0 Å². The zero-order chi connectivity index (χ0) is 12.7. The van der Waals surface area contributed by atoms with Crippen molar-refractivity contribution in [1.29, 1.82) is 0 Å². The monoisotopic (exact) mass is 237 g/mol. The van der Waals surface area contributed by atoms with Gasteiger partial charge in [-0.05, 0) is 24.1 Å². The van der Waals surface area contributed by atoms with E-state index in [1.54, 1.807) is 7.11 Å². The number of nitrogens with two attached hydrogens (primary N) is 2. The summed E-state index contributed by atoms with van der Waals surface area (Å²) in [6.45, 7) is 3.16. The summed E-state index contributed by atoms with van der Waals surface area (Å²) >= 11 is 0. The van der Waals surface area contributed by atoms with Gasteiger partial charge in [-0.25, -0.2) is 4.99 Å². The molecule has 1 aromatic rings. The summed E-state index contributed by atoms with van der Waals surface area (Å²) in [4.78, 5) is 3.94. The number of nitrogens with zero attached hydrogens (tertiary/aromatic N) is 1. The molecule has 94 valence electrons. The van der Waals surface area contributed by atoms with E-state index in [1.807, 2.05) is 18.2 Å². The van der Waals surface area contributed by atoms with Gasteiger partial charge in [-0.2, -0.15) is 0 Å². The van der Waals surface area contributed by atoms with Gasteiger partial charge in [0.2, 0.25) is 0 Å². The molecule has 0 heterocycles. The van der Waals surface area contributed by atoms with Crippen molar-refractivity contribution in [3.63, 3.8) is 0 Å². The number of hydrogen-bond donors (Lipinski definition) is 2. The number of ether oxygens (including phenoxy) is 2. The Balaban J connectivity index is 2.80. The Morgan fingerprint density at radius 3 is 2.65 bits per heavy atom. The van der Waals surface area contributed by atoms with Gasteiger partial charge in [0.15, 0.2) is 17.5 Å². The molecule has 0 spiro atoms. The molecule has 0 bridgehead atoms. The van der Waals surface area contributed by atoms with Crippen LogP contribution in [0.4, 0.5) is 0 Å². The first-order valence-electron chi connectivity index (χ1n) is 5.52. The van der Waals surface area contributed by atoms with Crippen molar-refractivity contribution in [2.24, 2.45) is 16.5 Å². The highest BCUT2D eigenvalue weighted by Crippen LogP contribution is 2.28. The molecule has 1 aromatic carbocycles. The summed E-state index contributed by atoms with van der Waals surface area (Å²) in [5.41, 5.74) is 11.5. The maximum absolute atomic E-state index is 5.55. The van der Waals surface area contributed by atoms with Gasteiger partial charge in [-0.15, -0.1) is 0 Å². The van der Waals surface area contributed by atoms with E-state index in [4.69, 9.17) is 20.9 Å². The summed E-state index contributed by atoms with van der Waals surface area (Å²) in [6, 6.07) is 5.66. The molecule has 0 aromatic heterocycles. The number of hydrogen-bond acceptors (Lipinski definition) is 3. The number of guanidine groups is 1. The second-order valence-corrected chi connectivity index (χ2v) is 3.57. The molecule has 0 amide bonds. The van der Waals surface area contributed by atoms with Crippen LogP contribution in [0, 0.1) is 0 Å². The fraction of sp³-hybridized carbons (Fsp3) is 0.417. The molecule has 0 aliphatic rings. The van der Waals surface area contributed by atoms with Crippen LogP contribution in [0.2, 0.25) is 0 Å². The van der Waals surface area contributed by atoms with E-state index in [1.165, 1.54) is 0 Å². The Labute approximate surface area is 101 Å². The molecule has 0 saturated carbocycles. The van der Waals surface area contributed by atoms with Crippen LogP contribution in [0.5, 0.6) is 11.5 Å². The zero-order valence-electron chi connectivity index (χ0n) is 10.3. The largest absolute Gasteiger partial charge is 0.493 e. The van der Waals surface area contributed by atoms with E-state index in [0.717, 1.165) is 17.7 Å². The topological polar surface area (TPSA) is 82.9 Å². The van der Waals surface area contributed by atoms with Gasteiger partial charge in [-0.1, -0.05) is 13.0 Å². The summed E-state index contributed by atoms with van der Waals surface area (Å²) in [5, 5.41) is 0. The molecule has 0 aliphatic carbocycles. The van der Waals surface area contributed by atoms with Crippen LogP contribution in [0.15, 0.2) is 23.2 Å². The lowest BCUT2D eigenvalue weighted by Crippen LogP contribution is -2.22. The predicted molar refractivity (Wildman–Crippen MR) is 68.3 cm³/mol. The Morgan fingerprint density at radius 1 is 1.29 bits per heavy atom. The fourth-order valence-electron chi connectivity index (χ4n) is 1.32. The zero-order valence-corrected chi connectivity index (χ0v) is 10.3. The van der Waals surface area contributed by atoms with Crippen molar-refractivity contribution < 1.29 is 9.47 Å². The van der Waals surface area contributed by atoms with Crippen LogP contribution < -0.4 is 20.9 Å². The number of aliphatic imine (C=N–C) groups is 1. The van der Waals surface area contributed by atoms with E-state index in [0.29, 0.717) is 18.9 Å².